The lowest BCUT2D eigenvalue weighted by Gasteiger charge is -2.28. The smallest absolute Gasteiger partial charge is 0.0624 e. The molecule has 0 aliphatic carbocycles. The molecule has 3 heteroatoms. The zero-order valence-electron chi connectivity index (χ0n) is 13.5. The molecule has 1 aromatic heterocycles. The molecule has 1 heterocycles. The standard InChI is InChI=1S/C16H31N3/c1-7-9-17-16(13(5)12(3)4)11-15-10-14(8-2)18-19(15)6/h10,12-13,16-17H,7-9,11H2,1-6H3. The summed E-state index contributed by atoms with van der Waals surface area (Å²) in [4.78, 5) is 0. The summed E-state index contributed by atoms with van der Waals surface area (Å²) >= 11 is 0. The second kappa shape index (κ2) is 7.68. The predicted molar refractivity (Wildman–Crippen MR) is 82.4 cm³/mol. The van der Waals surface area contributed by atoms with Crippen LogP contribution in [0.2, 0.25) is 0 Å². The number of rotatable bonds is 8. The van der Waals surface area contributed by atoms with E-state index in [1.165, 1.54) is 17.8 Å². The lowest BCUT2D eigenvalue weighted by molar-refractivity contribution is 0.293. The highest BCUT2D eigenvalue weighted by molar-refractivity contribution is 5.12. The molecular weight excluding hydrogens is 234 g/mol. The van der Waals surface area contributed by atoms with Gasteiger partial charge in [-0.2, -0.15) is 5.10 Å². The normalized spacial score (nSPS) is 14.9. The van der Waals surface area contributed by atoms with Gasteiger partial charge in [0.15, 0.2) is 0 Å². The van der Waals surface area contributed by atoms with Crippen molar-refractivity contribution in [3.63, 3.8) is 0 Å². The van der Waals surface area contributed by atoms with Crippen molar-refractivity contribution in [2.75, 3.05) is 6.54 Å². The van der Waals surface area contributed by atoms with Crippen LogP contribution >= 0.6 is 0 Å². The number of hydrogen-bond donors (Lipinski definition) is 1. The number of nitrogens with one attached hydrogen (secondary N) is 1. The summed E-state index contributed by atoms with van der Waals surface area (Å²) < 4.78 is 2.05. The number of nitrogens with zero attached hydrogens (tertiary/aromatic N) is 2. The Morgan fingerprint density at radius 3 is 2.42 bits per heavy atom. The average molecular weight is 265 g/mol. The first-order chi connectivity index (χ1) is 8.99. The fourth-order valence-electron chi connectivity index (χ4n) is 2.40. The zero-order valence-corrected chi connectivity index (χ0v) is 13.5. The maximum Gasteiger partial charge on any atom is 0.0624 e. The second-order valence-electron chi connectivity index (χ2n) is 5.97. The van der Waals surface area contributed by atoms with Crippen LogP contribution in [0.25, 0.3) is 0 Å². The Morgan fingerprint density at radius 2 is 1.95 bits per heavy atom. The van der Waals surface area contributed by atoms with Gasteiger partial charge < -0.3 is 5.32 Å². The molecular formula is C16H31N3. The highest BCUT2D eigenvalue weighted by Crippen LogP contribution is 2.19. The third-order valence-corrected chi connectivity index (χ3v) is 4.16. The minimum atomic E-state index is 0.542. The maximum absolute atomic E-state index is 4.56. The minimum absolute atomic E-state index is 0.542. The molecule has 1 rings (SSSR count). The van der Waals surface area contributed by atoms with E-state index < -0.39 is 0 Å². The van der Waals surface area contributed by atoms with Gasteiger partial charge in [0.05, 0.1) is 5.69 Å². The van der Waals surface area contributed by atoms with Crippen molar-refractivity contribution in [1.82, 2.24) is 15.1 Å². The first kappa shape index (κ1) is 16.2. The molecule has 1 aromatic rings. The van der Waals surface area contributed by atoms with E-state index in [0.717, 1.165) is 19.4 Å². The zero-order chi connectivity index (χ0) is 14.4. The van der Waals surface area contributed by atoms with Crippen LogP contribution < -0.4 is 5.32 Å². The van der Waals surface area contributed by atoms with E-state index in [2.05, 4.69) is 58.1 Å². The molecule has 2 atom stereocenters. The Bertz CT molecular complexity index is 368. The summed E-state index contributed by atoms with van der Waals surface area (Å²) in [5, 5.41) is 8.27. The molecule has 0 aromatic carbocycles. The lowest BCUT2D eigenvalue weighted by atomic mass is 9.87. The summed E-state index contributed by atoms with van der Waals surface area (Å²) in [6, 6.07) is 2.80. The Labute approximate surface area is 118 Å². The van der Waals surface area contributed by atoms with Crippen molar-refractivity contribution < 1.29 is 0 Å². The highest BCUT2D eigenvalue weighted by Gasteiger charge is 2.21. The van der Waals surface area contributed by atoms with Gasteiger partial charge in [0.25, 0.3) is 0 Å². The Balaban J connectivity index is 2.77. The summed E-state index contributed by atoms with van der Waals surface area (Å²) in [5.41, 5.74) is 2.54. The van der Waals surface area contributed by atoms with Crippen LogP contribution in [0.4, 0.5) is 0 Å². The van der Waals surface area contributed by atoms with E-state index in [1.807, 2.05) is 4.68 Å². The highest BCUT2D eigenvalue weighted by atomic mass is 15.3. The van der Waals surface area contributed by atoms with Gasteiger partial charge in [-0.1, -0.05) is 34.6 Å². The monoisotopic (exact) mass is 265 g/mol. The lowest BCUT2D eigenvalue weighted by Crippen LogP contribution is -2.39. The molecule has 0 aliphatic rings. The number of aryl methyl sites for hydroxylation is 2. The first-order valence-corrected chi connectivity index (χ1v) is 7.74. The molecule has 1 N–H and O–H groups in total. The number of hydrogen-bond acceptors (Lipinski definition) is 2. The molecule has 0 spiro atoms. The van der Waals surface area contributed by atoms with Crippen LogP contribution in [-0.4, -0.2) is 22.4 Å². The fraction of sp³-hybridized carbons (Fsp3) is 0.812. The molecule has 0 fully saturated rings. The summed E-state index contributed by atoms with van der Waals surface area (Å²) in [5.74, 6) is 1.37. The van der Waals surface area contributed by atoms with Gasteiger partial charge in [0, 0.05) is 25.2 Å². The van der Waals surface area contributed by atoms with Crippen LogP contribution in [-0.2, 0) is 19.9 Å². The van der Waals surface area contributed by atoms with Gasteiger partial charge in [-0.25, -0.2) is 0 Å². The molecule has 0 saturated carbocycles. The van der Waals surface area contributed by atoms with Crippen LogP contribution in [0, 0.1) is 11.8 Å². The van der Waals surface area contributed by atoms with Gasteiger partial charge in [-0.05, 0) is 37.3 Å². The van der Waals surface area contributed by atoms with Crippen molar-refractivity contribution in [1.29, 1.82) is 0 Å². The molecule has 19 heavy (non-hydrogen) atoms. The maximum atomic E-state index is 4.56. The topological polar surface area (TPSA) is 29.9 Å². The van der Waals surface area contributed by atoms with Crippen LogP contribution in [0.1, 0.15) is 52.4 Å². The second-order valence-corrected chi connectivity index (χ2v) is 5.97. The van der Waals surface area contributed by atoms with Crippen LogP contribution in [0.5, 0.6) is 0 Å². The van der Waals surface area contributed by atoms with Crippen molar-refractivity contribution in [2.24, 2.45) is 18.9 Å². The molecule has 0 radical (unpaired) electrons. The number of aromatic nitrogens is 2. The SMILES string of the molecule is CCCNC(Cc1cc(CC)nn1C)C(C)C(C)C. The minimum Gasteiger partial charge on any atom is -0.313 e. The van der Waals surface area contributed by atoms with Gasteiger partial charge in [-0.15, -0.1) is 0 Å². The van der Waals surface area contributed by atoms with Crippen molar-refractivity contribution in [3.05, 3.63) is 17.5 Å². The third-order valence-electron chi connectivity index (χ3n) is 4.16. The molecule has 0 aliphatic heterocycles. The predicted octanol–water partition coefficient (Wildman–Crippen LogP) is 3.19. The molecule has 0 saturated heterocycles. The van der Waals surface area contributed by atoms with E-state index in [9.17, 15) is 0 Å². The largest absolute Gasteiger partial charge is 0.313 e. The summed E-state index contributed by atoms with van der Waals surface area (Å²) in [7, 11) is 2.06. The van der Waals surface area contributed by atoms with Crippen molar-refractivity contribution in [2.45, 2.75) is 59.9 Å². The molecule has 0 bridgehead atoms. The van der Waals surface area contributed by atoms with Crippen LogP contribution in [0.3, 0.4) is 0 Å². The van der Waals surface area contributed by atoms with E-state index in [0.29, 0.717) is 17.9 Å². The van der Waals surface area contributed by atoms with E-state index in [4.69, 9.17) is 0 Å². The van der Waals surface area contributed by atoms with Crippen molar-refractivity contribution >= 4 is 0 Å². The van der Waals surface area contributed by atoms with Crippen molar-refractivity contribution in [3.8, 4) is 0 Å². The Hall–Kier alpha value is -0.830. The average Bonchev–Trinajstić information content (AvgIpc) is 2.74. The molecule has 0 amide bonds. The fourth-order valence-corrected chi connectivity index (χ4v) is 2.40. The third kappa shape index (κ3) is 4.64. The van der Waals surface area contributed by atoms with E-state index >= 15 is 0 Å². The molecule has 2 unspecified atom stereocenters. The first-order valence-electron chi connectivity index (χ1n) is 7.74. The molecule has 110 valence electrons. The summed E-state index contributed by atoms with van der Waals surface area (Å²) in [6.45, 7) is 12.5. The summed E-state index contributed by atoms with van der Waals surface area (Å²) in [6.07, 6.45) is 3.27. The van der Waals surface area contributed by atoms with Gasteiger partial charge in [0.2, 0.25) is 0 Å². The van der Waals surface area contributed by atoms with Gasteiger partial charge in [0.1, 0.15) is 0 Å². The van der Waals surface area contributed by atoms with Gasteiger partial charge >= 0.3 is 0 Å². The van der Waals surface area contributed by atoms with Crippen LogP contribution in [0.15, 0.2) is 6.07 Å². The van der Waals surface area contributed by atoms with Gasteiger partial charge in [-0.3, -0.25) is 4.68 Å². The molecule has 3 nitrogen and oxygen atoms in total. The Morgan fingerprint density at radius 1 is 1.26 bits per heavy atom. The van der Waals surface area contributed by atoms with E-state index in [-0.39, 0.29) is 0 Å². The van der Waals surface area contributed by atoms with E-state index in [1.54, 1.807) is 0 Å². The Kier molecular flexibility index (Phi) is 6.56. The quantitative estimate of drug-likeness (QED) is 0.782.